The van der Waals surface area contributed by atoms with Crippen LogP contribution in [-0.2, 0) is 6.54 Å². The molecule has 0 bridgehead atoms. The molecule has 0 radical (unpaired) electrons. The van der Waals surface area contributed by atoms with Gasteiger partial charge in [0.25, 0.3) is 11.5 Å². The molecule has 0 aliphatic carbocycles. The Balaban J connectivity index is 1.71. The van der Waals surface area contributed by atoms with Gasteiger partial charge in [0.05, 0.1) is 22.8 Å². The van der Waals surface area contributed by atoms with Crippen molar-refractivity contribution in [3.05, 3.63) is 87.2 Å². The van der Waals surface area contributed by atoms with Crippen molar-refractivity contribution in [3.63, 3.8) is 0 Å². The van der Waals surface area contributed by atoms with Crippen molar-refractivity contribution >= 4 is 17.5 Å². The number of carbonyl (C=O) groups excluding carboxylic acids is 1. The van der Waals surface area contributed by atoms with Gasteiger partial charge in [-0.05, 0) is 42.5 Å². The van der Waals surface area contributed by atoms with Gasteiger partial charge in [0, 0.05) is 18.2 Å². The second-order valence-electron chi connectivity index (χ2n) is 5.64. The van der Waals surface area contributed by atoms with E-state index in [1.165, 1.54) is 41.1 Å². The maximum Gasteiger partial charge on any atom is 0.266 e. The molecule has 1 heterocycles. The zero-order chi connectivity index (χ0) is 19.4. The summed E-state index contributed by atoms with van der Waals surface area (Å²) < 4.78 is 27.9. The summed E-state index contributed by atoms with van der Waals surface area (Å²) in [5.74, 6) is -1.78. The SMILES string of the molecule is O=C(NCCn1nc(-c2ccc(F)cc2)ccc1=O)c1c(F)cccc1Cl. The molecule has 0 unspecified atom stereocenters. The number of nitrogens with zero attached hydrogens (tertiary/aromatic N) is 2. The van der Waals surface area contributed by atoms with Crippen LogP contribution in [0, 0.1) is 11.6 Å². The smallest absolute Gasteiger partial charge is 0.266 e. The molecule has 8 heteroatoms. The van der Waals surface area contributed by atoms with Gasteiger partial charge in [0.15, 0.2) is 0 Å². The van der Waals surface area contributed by atoms with Gasteiger partial charge in [-0.1, -0.05) is 17.7 Å². The molecule has 0 saturated heterocycles. The summed E-state index contributed by atoms with van der Waals surface area (Å²) in [6.45, 7) is 0.120. The van der Waals surface area contributed by atoms with Crippen molar-refractivity contribution in [2.45, 2.75) is 6.54 Å². The van der Waals surface area contributed by atoms with E-state index >= 15 is 0 Å². The van der Waals surface area contributed by atoms with Crippen molar-refractivity contribution in [1.82, 2.24) is 15.1 Å². The van der Waals surface area contributed by atoms with Gasteiger partial charge in [0.1, 0.15) is 11.6 Å². The van der Waals surface area contributed by atoms with Crippen molar-refractivity contribution < 1.29 is 13.6 Å². The number of hydrogen-bond donors (Lipinski definition) is 1. The highest BCUT2D eigenvalue weighted by molar-refractivity contribution is 6.33. The van der Waals surface area contributed by atoms with Gasteiger partial charge in [-0.3, -0.25) is 9.59 Å². The van der Waals surface area contributed by atoms with E-state index in [-0.39, 0.29) is 35.1 Å². The predicted molar refractivity (Wildman–Crippen MR) is 97.6 cm³/mol. The van der Waals surface area contributed by atoms with Crippen LogP contribution in [-0.4, -0.2) is 22.2 Å². The molecular weight excluding hydrogens is 376 g/mol. The van der Waals surface area contributed by atoms with E-state index in [2.05, 4.69) is 10.4 Å². The van der Waals surface area contributed by atoms with Crippen LogP contribution < -0.4 is 10.9 Å². The lowest BCUT2D eigenvalue weighted by Gasteiger charge is -2.10. The van der Waals surface area contributed by atoms with Crippen LogP contribution in [0.1, 0.15) is 10.4 Å². The Morgan fingerprint density at radius 3 is 2.52 bits per heavy atom. The van der Waals surface area contributed by atoms with Crippen LogP contribution in [0.25, 0.3) is 11.3 Å². The third-order valence-corrected chi connectivity index (χ3v) is 4.12. The zero-order valence-corrected chi connectivity index (χ0v) is 14.7. The molecule has 0 spiro atoms. The number of hydrogen-bond acceptors (Lipinski definition) is 3. The maximum absolute atomic E-state index is 13.7. The normalized spacial score (nSPS) is 10.6. The molecule has 0 fully saturated rings. The van der Waals surface area contributed by atoms with Crippen LogP contribution in [0.15, 0.2) is 59.4 Å². The Hall–Kier alpha value is -3.06. The molecular formula is C19H14ClF2N3O2. The Bertz CT molecular complexity index is 1020. The monoisotopic (exact) mass is 389 g/mol. The van der Waals surface area contributed by atoms with Crippen LogP contribution in [0.3, 0.4) is 0 Å². The van der Waals surface area contributed by atoms with E-state index < -0.39 is 11.7 Å². The standard InChI is InChI=1S/C19H14ClF2N3O2/c20-14-2-1-3-15(22)18(14)19(27)23-10-11-25-17(26)9-8-16(24-25)12-4-6-13(21)7-5-12/h1-9H,10-11H2,(H,23,27). The van der Waals surface area contributed by atoms with Gasteiger partial charge in [-0.25, -0.2) is 13.5 Å². The third-order valence-electron chi connectivity index (χ3n) is 3.81. The average molecular weight is 390 g/mol. The quantitative estimate of drug-likeness (QED) is 0.728. The Labute approximate surface area is 158 Å². The molecule has 5 nitrogen and oxygen atoms in total. The fourth-order valence-corrected chi connectivity index (χ4v) is 2.71. The summed E-state index contributed by atoms with van der Waals surface area (Å²) in [6.07, 6.45) is 0. The molecule has 138 valence electrons. The molecule has 1 aromatic heterocycles. The first kappa shape index (κ1) is 18.7. The molecule has 0 aliphatic rings. The maximum atomic E-state index is 13.7. The molecule has 0 atom stereocenters. The lowest BCUT2D eigenvalue weighted by molar-refractivity contribution is 0.0948. The summed E-state index contributed by atoms with van der Waals surface area (Å²) >= 11 is 5.85. The topological polar surface area (TPSA) is 64.0 Å². The molecule has 2 aromatic carbocycles. The molecule has 3 rings (SSSR count). The minimum atomic E-state index is -0.728. The van der Waals surface area contributed by atoms with Crippen LogP contribution in [0.2, 0.25) is 5.02 Å². The highest BCUT2D eigenvalue weighted by atomic mass is 35.5. The summed E-state index contributed by atoms with van der Waals surface area (Å²) in [5, 5.41) is 6.72. The number of rotatable bonds is 5. The molecule has 0 saturated carbocycles. The van der Waals surface area contributed by atoms with E-state index in [0.717, 1.165) is 6.07 Å². The largest absolute Gasteiger partial charge is 0.350 e. The van der Waals surface area contributed by atoms with E-state index in [1.807, 2.05) is 0 Å². The fourth-order valence-electron chi connectivity index (χ4n) is 2.46. The summed E-state index contributed by atoms with van der Waals surface area (Å²) in [7, 11) is 0. The average Bonchev–Trinajstić information content (AvgIpc) is 2.64. The molecule has 3 aromatic rings. The second kappa shape index (κ2) is 8.09. The summed E-state index contributed by atoms with van der Waals surface area (Å²) in [5.41, 5.74) is 0.518. The van der Waals surface area contributed by atoms with Gasteiger partial charge < -0.3 is 5.32 Å². The molecule has 1 amide bonds. The Kier molecular flexibility index (Phi) is 5.61. The first-order valence-corrected chi connectivity index (χ1v) is 8.40. The van der Waals surface area contributed by atoms with Crippen molar-refractivity contribution in [2.24, 2.45) is 0 Å². The number of aromatic nitrogens is 2. The number of halogens is 3. The zero-order valence-electron chi connectivity index (χ0n) is 14.0. The Morgan fingerprint density at radius 1 is 1.07 bits per heavy atom. The van der Waals surface area contributed by atoms with Crippen LogP contribution in [0.4, 0.5) is 8.78 Å². The van der Waals surface area contributed by atoms with Gasteiger partial charge in [-0.15, -0.1) is 0 Å². The number of benzene rings is 2. The fraction of sp³-hybridized carbons (Fsp3) is 0.105. The van der Waals surface area contributed by atoms with E-state index in [1.54, 1.807) is 12.1 Å². The highest BCUT2D eigenvalue weighted by Gasteiger charge is 2.15. The summed E-state index contributed by atoms with van der Waals surface area (Å²) in [4.78, 5) is 24.1. The van der Waals surface area contributed by atoms with Crippen LogP contribution in [0.5, 0.6) is 0 Å². The van der Waals surface area contributed by atoms with E-state index in [0.29, 0.717) is 11.3 Å². The number of amides is 1. The van der Waals surface area contributed by atoms with Gasteiger partial charge in [0.2, 0.25) is 0 Å². The molecule has 0 aliphatic heterocycles. The minimum absolute atomic E-state index is 0.00102. The highest BCUT2D eigenvalue weighted by Crippen LogP contribution is 2.18. The first-order valence-electron chi connectivity index (χ1n) is 8.02. The van der Waals surface area contributed by atoms with E-state index in [9.17, 15) is 18.4 Å². The number of carbonyl (C=O) groups is 1. The summed E-state index contributed by atoms with van der Waals surface area (Å²) in [6, 6.07) is 12.5. The van der Waals surface area contributed by atoms with Crippen molar-refractivity contribution in [1.29, 1.82) is 0 Å². The van der Waals surface area contributed by atoms with Gasteiger partial charge in [-0.2, -0.15) is 5.10 Å². The second-order valence-corrected chi connectivity index (χ2v) is 6.05. The lowest BCUT2D eigenvalue weighted by atomic mass is 10.1. The van der Waals surface area contributed by atoms with Gasteiger partial charge >= 0.3 is 0 Å². The number of nitrogens with one attached hydrogen (secondary N) is 1. The molecule has 27 heavy (non-hydrogen) atoms. The van der Waals surface area contributed by atoms with E-state index in [4.69, 9.17) is 11.6 Å². The molecule has 1 N–H and O–H groups in total. The lowest BCUT2D eigenvalue weighted by Crippen LogP contribution is -2.32. The predicted octanol–water partition coefficient (Wildman–Crippen LogP) is 3.27. The first-order chi connectivity index (χ1) is 13.0. The third kappa shape index (κ3) is 4.38. The van der Waals surface area contributed by atoms with Crippen LogP contribution >= 0.6 is 11.6 Å². The Morgan fingerprint density at radius 2 is 1.81 bits per heavy atom. The van der Waals surface area contributed by atoms with Crippen molar-refractivity contribution in [3.8, 4) is 11.3 Å². The minimum Gasteiger partial charge on any atom is -0.350 e. The van der Waals surface area contributed by atoms with Crippen molar-refractivity contribution in [2.75, 3.05) is 6.54 Å².